The molecule has 3 aromatic heterocycles. The molecule has 1 aromatic carbocycles. The van der Waals surface area contributed by atoms with E-state index in [2.05, 4.69) is 16.5 Å². The summed E-state index contributed by atoms with van der Waals surface area (Å²) in [6.07, 6.45) is 2.25. The number of aromatic nitrogens is 4. The van der Waals surface area contributed by atoms with Gasteiger partial charge in [0.2, 0.25) is 0 Å². The Balaban J connectivity index is 2.13. The Morgan fingerprint density at radius 2 is 2.10 bits per heavy atom. The van der Waals surface area contributed by atoms with Gasteiger partial charge in [-0.15, -0.1) is 17.9 Å². The van der Waals surface area contributed by atoms with Crippen LogP contribution in [0.2, 0.25) is 5.15 Å². The monoisotopic (exact) mass is 444 g/mol. The summed E-state index contributed by atoms with van der Waals surface area (Å²) in [6, 6.07) is 5.97. The van der Waals surface area contributed by atoms with E-state index >= 15 is 0 Å². The van der Waals surface area contributed by atoms with Crippen molar-refractivity contribution in [3.05, 3.63) is 84.8 Å². The Hall–Kier alpha value is -2.97. The molecule has 0 fully saturated rings. The number of hydrogen-bond donors (Lipinski definition) is 1. The Morgan fingerprint density at radius 1 is 1.33 bits per heavy atom. The van der Waals surface area contributed by atoms with Crippen molar-refractivity contribution >= 4 is 33.8 Å². The minimum atomic E-state index is -0.454. The summed E-state index contributed by atoms with van der Waals surface area (Å²) in [5, 5.41) is 3.14. The lowest BCUT2D eigenvalue weighted by molar-refractivity contribution is 0.628. The zero-order chi connectivity index (χ0) is 21.6. The van der Waals surface area contributed by atoms with Gasteiger partial charge in [0.1, 0.15) is 16.0 Å². The molecule has 6 nitrogen and oxygen atoms in total. The highest BCUT2D eigenvalue weighted by Crippen LogP contribution is 2.38. The maximum atomic E-state index is 13.9. The van der Waals surface area contributed by atoms with Crippen molar-refractivity contribution in [2.45, 2.75) is 12.3 Å². The summed E-state index contributed by atoms with van der Waals surface area (Å²) in [7, 11) is 3.03. The van der Waals surface area contributed by atoms with Gasteiger partial charge in [0.05, 0.1) is 28.2 Å². The first kappa shape index (κ1) is 20.3. The third-order valence-corrected chi connectivity index (χ3v) is 6.37. The standard InChI is InChI=1S/C21H18ClFN4O2S/c1-4-6-13(19-24-14(22)10-30-19)17-18-15(20(28)27(3)21(29)26(18)2)16(25-17)11-7-5-8-12(23)9-11/h4-5,7-10,13,25H,1,6H2,2-3H3. The molecule has 0 saturated heterocycles. The second-order valence-electron chi connectivity index (χ2n) is 6.94. The van der Waals surface area contributed by atoms with Crippen LogP contribution in [0.15, 0.2) is 51.9 Å². The van der Waals surface area contributed by atoms with E-state index in [9.17, 15) is 14.0 Å². The van der Waals surface area contributed by atoms with Gasteiger partial charge in [-0.05, 0) is 18.6 Å². The number of allylic oxidation sites excluding steroid dienone is 1. The molecule has 1 atom stereocenters. The van der Waals surface area contributed by atoms with Crippen LogP contribution in [-0.2, 0) is 14.1 Å². The van der Waals surface area contributed by atoms with Crippen molar-refractivity contribution in [3.8, 4) is 11.3 Å². The summed E-state index contributed by atoms with van der Waals surface area (Å²) < 4.78 is 16.4. The second kappa shape index (κ2) is 7.70. The van der Waals surface area contributed by atoms with E-state index in [1.54, 1.807) is 30.6 Å². The smallest absolute Gasteiger partial charge is 0.331 e. The predicted molar refractivity (Wildman–Crippen MR) is 118 cm³/mol. The molecule has 4 rings (SSSR count). The number of nitrogens with zero attached hydrogens (tertiary/aromatic N) is 3. The van der Waals surface area contributed by atoms with Crippen molar-refractivity contribution in [2.75, 3.05) is 0 Å². The van der Waals surface area contributed by atoms with Gasteiger partial charge in [0.25, 0.3) is 5.56 Å². The van der Waals surface area contributed by atoms with Gasteiger partial charge in [0, 0.05) is 25.0 Å². The predicted octanol–water partition coefficient (Wildman–Crippen LogP) is 4.19. The topological polar surface area (TPSA) is 72.7 Å². The average Bonchev–Trinajstić information content (AvgIpc) is 3.33. The highest BCUT2D eigenvalue weighted by Gasteiger charge is 2.27. The quantitative estimate of drug-likeness (QED) is 0.469. The maximum Gasteiger partial charge on any atom is 0.331 e. The van der Waals surface area contributed by atoms with Gasteiger partial charge in [-0.25, -0.2) is 14.2 Å². The molecule has 1 N–H and O–H groups in total. The molecule has 9 heteroatoms. The van der Waals surface area contributed by atoms with Crippen molar-refractivity contribution < 1.29 is 4.39 Å². The van der Waals surface area contributed by atoms with Crippen LogP contribution in [0.5, 0.6) is 0 Å². The molecule has 0 radical (unpaired) electrons. The fourth-order valence-corrected chi connectivity index (χ4v) is 4.76. The summed E-state index contributed by atoms with van der Waals surface area (Å²) in [6.45, 7) is 3.83. The normalized spacial score (nSPS) is 12.4. The summed E-state index contributed by atoms with van der Waals surface area (Å²) in [4.78, 5) is 33.5. The van der Waals surface area contributed by atoms with Crippen LogP contribution in [-0.4, -0.2) is 19.1 Å². The zero-order valence-electron chi connectivity index (χ0n) is 16.3. The number of halogens is 2. The van der Waals surface area contributed by atoms with Crippen LogP contribution in [0.4, 0.5) is 4.39 Å². The Morgan fingerprint density at radius 3 is 2.73 bits per heavy atom. The van der Waals surface area contributed by atoms with Crippen molar-refractivity contribution in [1.82, 2.24) is 19.1 Å². The average molecular weight is 445 g/mol. The molecule has 154 valence electrons. The van der Waals surface area contributed by atoms with Gasteiger partial charge in [0.15, 0.2) is 0 Å². The molecule has 0 aliphatic carbocycles. The van der Waals surface area contributed by atoms with Gasteiger partial charge in [-0.1, -0.05) is 29.8 Å². The molecule has 4 aromatic rings. The van der Waals surface area contributed by atoms with Gasteiger partial charge in [-0.3, -0.25) is 13.9 Å². The number of aromatic amines is 1. The number of thiazole rings is 1. The minimum Gasteiger partial charge on any atom is -0.355 e. The molecular formula is C21H18ClFN4O2S. The molecule has 0 amide bonds. The molecule has 0 spiro atoms. The maximum absolute atomic E-state index is 13.9. The number of nitrogens with one attached hydrogen (secondary N) is 1. The fourth-order valence-electron chi connectivity index (χ4n) is 3.69. The molecule has 0 bridgehead atoms. The van der Waals surface area contributed by atoms with Gasteiger partial charge < -0.3 is 4.98 Å². The number of rotatable bonds is 5. The fraction of sp³-hybridized carbons (Fsp3) is 0.190. The molecule has 3 heterocycles. The number of H-pyrrole nitrogens is 1. The lowest BCUT2D eigenvalue weighted by Gasteiger charge is -2.13. The molecule has 0 aliphatic rings. The van der Waals surface area contributed by atoms with Gasteiger partial charge in [-0.2, -0.15) is 0 Å². The van der Waals surface area contributed by atoms with E-state index in [1.165, 1.54) is 35.1 Å². The summed E-state index contributed by atoms with van der Waals surface area (Å²) in [5.74, 6) is -0.727. The van der Waals surface area contributed by atoms with E-state index < -0.39 is 17.1 Å². The first-order valence-electron chi connectivity index (χ1n) is 9.12. The lowest BCUT2D eigenvalue weighted by Crippen LogP contribution is -2.37. The number of hydrogen-bond acceptors (Lipinski definition) is 4. The van der Waals surface area contributed by atoms with Crippen LogP contribution in [0.25, 0.3) is 22.2 Å². The highest BCUT2D eigenvalue weighted by atomic mass is 35.5. The number of fused-ring (bicyclic) bond motifs is 1. The molecule has 30 heavy (non-hydrogen) atoms. The van der Waals surface area contributed by atoms with E-state index in [0.29, 0.717) is 39.4 Å². The summed E-state index contributed by atoms with van der Waals surface area (Å²) >= 11 is 7.43. The zero-order valence-corrected chi connectivity index (χ0v) is 17.9. The van der Waals surface area contributed by atoms with Crippen LogP contribution in [0.1, 0.15) is 23.0 Å². The van der Waals surface area contributed by atoms with Crippen molar-refractivity contribution in [1.29, 1.82) is 0 Å². The first-order chi connectivity index (χ1) is 14.3. The van der Waals surface area contributed by atoms with Gasteiger partial charge >= 0.3 is 5.69 Å². The lowest BCUT2D eigenvalue weighted by atomic mass is 10.0. The summed E-state index contributed by atoms with van der Waals surface area (Å²) in [5.41, 5.74) is 1.15. The second-order valence-corrected chi connectivity index (χ2v) is 8.22. The largest absolute Gasteiger partial charge is 0.355 e. The highest BCUT2D eigenvalue weighted by molar-refractivity contribution is 7.10. The van der Waals surface area contributed by atoms with Crippen molar-refractivity contribution in [3.63, 3.8) is 0 Å². The number of aryl methyl sites for hydroxylation is 1. The first-order valence-corrected chi connectivity index (χ1v) is 10.4. The van der Waals surface area contributed by atoms with E-state index in [4.69, 9.17) is 11.6 Å². The Labute approximate surface area is 179 Å². The van der Waals surface area contributed by atoms with Crippen LogP contribution in [0, 0.1) is 5.82 Å². The van der Waals surface area contributed by atoms with Crippen molar-refractivity contribution in [2.24, 2.45) is 14.1 Å². The Kier molecular flexibility index (Phi) is 5.21. The third kappa shape index (κ3) is 3.22. The Bertz CT molecular complexity index is 1400. The van der Waals surface area contributed by atoms with Crippen LogP contribution in [0.3, 0.4) is 0 Å². The number of benzene rings is 1. The minimum absolute atomic E-state index is 0.303. The van der Waals surface area contributed by atoms with E-state index in [-0.39, 0.29) is 5.92 Å². The van der Waals surface area contributed by atoms with E-state index in [0.717, 1.165) is 9.57 Å². The van der Waals surface area contributed by atoms with E-state index in [1.807, 2.05) is 0 Å². The molecule has 1 unspecified atom stereocenters. The molecule has 0 aliphatic heterocycles. The van der Waals surface area contributed by atoms with Crippen LogP contribution >= 0.6 is 22.9 Å². The molecule has 0 saturated carbocycles. The third-order valence-electron chi connectivity index (χ3n) is 5.09. The molecular weight excluding hydrogens is 427 g/mol. The SMILES string of the molecule is C=CCC(c1nc(Cl)cs1)c1[nH]c(-c2cccc(F)c2)c2c(=O)n(C)c(=O)n(C)c12. The van der Waals surface area contributed by atoms with Crippen LogP contribution < -0.4 is 11.2 Å².